The van der Waals surface area contributed by atoms with E-state index in [0.29, 0.717) is 0 Å². The standard InChI is InChI=1S/C13H19N3O/c1-10(11-5-4-7-14-9-11)16-12-6-2-3-8-15-13(12)17/h4-5,7,9-10,12,16H,2-3,6,8H2,1H3,(H,15,17). The van der Waals surface area contributed by atoms with E-state index in [1.165, 1.54) is 0 Å². The maximum Gasteiger partial charge on any atom is 0.237 e. The molecule has 0 radical (unpaired) electrons. The van der Waals surface area contributed by atoms with E-state index in [2.05, 4.69) is 22.5 Å². The van der Waals surface area contributed by atoms with Crippen LogP contribution in [0.4, 0.5) is 0 Å². The number of rotatable bonds is 3. The Morgan fingerprint density at radius 1 is 1.53 bits per heavy atom. The molecule has 1 aliphatic rings. The zero-order chi connectivity index (χ0) is 12.1. The van der Waals surface area contributed by atoms with Crippen LogP contribution in [0.3, 0.4) is 0 Å². The minimum atomic E-state index is -0.0762. The average molecular weight is 233 g/mol. The maximum absolute atomic E-state index is 11.8. The van der Waals surface area contributed by atoms with Crippen molar-refractivity contribution in [3.8, 4) is 0 Å². The second-order valence-corrected chi connectivity index (χ2v) is 4.51. The molecule has 1 aliphatic heterocycles. The van der Waals surface area contributed by atoms with Gasteiger partial charge in [-0.25, -0.2) is 0 Å². The monoisotopic (exact) mass is 233 g/mol. The van der Waals surface area contributed by atoms with Gasteiger partial charge in [-0.1, -0.05) is 6.07 Å². The van der Waals surface area contributed by atoms with Crippen molar-refractivity contribution in [2.75, 3.05) is 6.54 Å². The Morgan fingerprint density at radius 2 is 2.41 bits per heavy atom. The van der Waals surface area contributed by atoms with Crippen LogP contribution in [0.5, 0.6) is 0 Å². The van der Waals surface area contributed by atoms with Crippen molar-refractivity contribution in [1.82, 2.24) is 15.6 Å². The predicted octanol–water partition coefficient (Wildman–Crippen LogP) is 1.40. The number of carbonyl (C=O) groups excluding carboxylic acids is 1. The van der Waals surface area contributed by atoms with Gasteiger partial charge in [0.25, 0.3) is 0 Å². The summed E-state index contributed by atoms with van der Waals surface area (Å²) in [5, 5.41) is 6.31. The smallest absolute Gasteiger partial charge is 0.237 e. The predicted molar refractivity (Wildman–Crippen MR) is 66.4 cm³/mol. The third-order valence-electron chi connectivity index (χ3n) is 3.17. The molecule has 1 saturated heterocycles. The molecule has 0 bridgehead atoms. The van der Waals surface area contributed by atoms with Gasteiger partial charge in [0.2, 0.25) is 5.91 Å². The van der Waals surface area contributed by atoms with E-state index in [-0.39, 0.29) is 18.0 Å². The van der Waals surface area contributed by atoms with Gasteiger partial charge >= 0.3 is 0 Å². The molecule has 0 aliphatic carbocycles. The third-order valence-corrected chi connectivity index (χ3v) is 3.17. The van der Waals surface area contributed by atoms with E-state index in [9.17, 15) is 4.79 Å². The number of hydrogen-bond donors (Lipinski definition) is 2. The van der Waals surface area contributed by atoms with Crippen molar-refractivity contribution in [3.63, 3.8) is 0 Å². The summed E-state index contributed by atoms with van der Waals surface area (Å²) < 4.78 is 0. The summed E-state index contributed by atoms with van der Waals surface area (Å²) in [7, 11) is 0. The second kappa shape index (κ2) is 5.77. The average Bonchev–Trinajstić information content (AvgIpc) is 2.56. The Hall–Kier alpha value is -1.42. The fourth-order valence-corrected chi connectivity index (χ4v) is 2.13. The molecule has 2 heterocycles. The highest BCUT2D eigenvalue weighted by molar-refractivity contribution is 5.81. The van der Waals surface area contributed by atoms with Gasteiger partial charge < -0.3 is 5.32 Å². The normalized spacial score (nSPS) is 22.6. The van der Waals surface area contributed by atoms with E-state index < -0.39 is 0 Å². The number of nitrogens with zero attached hydrogens (tertiary/aromatic N) is 1. The van der Waals surface area contributed by atoms with Gasteiger partial charge in [0, 0.05) is 25.0 Å². The van der Waals surface area contributed by atoms with Gasteiger partial charge in [-0.05, 0) is 37.8 Å². The lowest BCUT2D eigenvalue weighted by molar-refractivity contribution is -0.123. The zero-order valence-electron chi connectivity index (χ0n) is 10.1. The van der Waals surface area contributed by atoms with E-state index in [1.54, 1.807) is 6.20 Å². The van der Waals surface area contributed by atoms with Crippen LogP contribution in [0.1, 0.15) is 37.8 Å². The molecule has 1 amide bonds. The van der Waals surface area contributed by atoms with Gasteiger partial charge in [0.15, 0.2) is 0 Å². The molecular weight excluding hydrogens is 214 g/mol. The summed E-state index contributed by atoms with van der Waals surface area (Å²) >= 11 is 0. The number of amides is 1. The molecular formula is C13H19N3O. The fraction of sp³-hybridized carbons (Fsp3) is 0.538. The van der Waals surface area contributed by atoms with Gasteiger partial charge in [-0.3, -0.25) is 15.1 Å². The van der Waals surface area contributed by atoms with Crippen LogP contribution in [0.15, 0.2) is 24.5 Å². The molecule has 0 spiro atoms. The number of pyridine rings is 1. The molecule has 2 N–H and O–H groups in total. The second-order valence-electron chi connectivity index (χ2n) is 4.51. The summed E-state index contributed by atoms with van der Waals surface area (Å²) in [5.74, 6) is 0.123. The molecule has 1 aromatic rings. The Balaban J connectivity index is 1.97. The van der Waals surface area contributed by atoms with E-state index >= 15 is 0 Å². The molecule has 1 fully saturated rings. The highest BCUT2D eigenvalue weighted by Gasteiger charge is 2.22. The highest BCUT2D eigenvalue weighted by atomic mass is 16.2. The molecule has 2 unspecified atom stereocenters. The Kier molecular flexibility index (Phi) is 4.09. The van der Waals surface area contributed by atoms with Crippen molar-refractivity contribution < 1.29 is 4.79 Å². The van der Waals surface area contributed by atoms with E-state index in [1.807, 2.05) is 18.3 Å². The molecule has 2 atom stereocenters. The molecule has 0 saturated carbocycles. The third kappa shape index (κ3) is 3.27. The first kappa shape index (κ1) is 12.0. The van der Waals surface area contributed by atoms with Crippen LogP contribution < -0.4 is 10.6 Å². The Bertz CT molecular complexity index is 366. The molecule has 17 heavy (non-hydrogen) atoms. The van der Waals surface area contributed by atoms with Gasteiger partial charge in [0.1, 0.15) is 0 Å². The summed E-state index contributed by atoms with van der Waals surface area (Å²) in [5.41, 5.74) is 1.12. The zero-order valence-corrected chi connectivity index (χ0v) is 10.1. The number of hydrogen-bond acceptors (Lipinski definition) is 3. The van der Waals surface area contributed by atoms with E-state index in [4.69, 9.17) is 0 Å². The van der Waals surface area contributed by atoms with Gasteiger partial charge in [0.05, 0.1) is 6.04 Å². The highest BCUT2D eigenvalue weighted by Crippen LogP contribution is 2.14. The number of aromatic nitrogens is 1. The van der Waals surface area contributed by atoms with Crippen LogP contribution >= 0.6 is 0 Å². The lowest BCUT2D eigenvalue weighted by Gasteiger charge is -2.20. The van der Waals surface area contributed by atoms with Crippen molar-refractivity contribution in [2.24, 2.45) is 0 Å². The molecule has 92 valence electrons. The lowest BCUT2D eigenvalue weighted by atomic mass is 10.1. The molecule has 1 aromatic heterocycles. The maximum atomic E-state index is 11.8. The summed E-state index contributed by atoms with van der Waals surface area (Å²) in [6.45, 7) is 2.87. The molecule has 4 nitrogen and oxygen atoms in total. The first-order valence-electron chi connectivity index (χ1n) is 6.21. The van der Waals surface area contributed by atoms with Crippen molar-refractivity contribution in [2.45, 2.75) is 38.3 Å². The Labute approximate surface area is 102 Å². The van der Waals surface area contributed by atoms with Crippen LogP contribution in [-0.4, -0.2) is 23.5 Å². The SMILES string of the molecule is CC(NC1CCCCNC1=O)c1cccnc1. The van der Waals surface area contributed by atoms with Crippen LogP contribution in [0, 0.1) is 0 Å². The van der Waals surface area contributed by atoms with E-state index in [0.717, 1.165) is 31.4 Å². The first-order valence-corrected chi connectivity index (χ1v) is 6.21. The topological polar surface area (TPSA) is 54.0 Å². The first-order chi connectivity index (χ1) is 8.27. The van der Waals surface area contributed by atoms with Crippen LogP contribution in [-0.2, 0) is 4.79 Å². The number of carbonyl (C=O) groups is 1. The minimum absolute atomic E-state index is 0.0762. The largest absolute Gasteiger partial charge is 0.355 e. The van der Waals surface area contributed by atoms with Crippen LogP contribution in [0.2, 0.25) is 0 Å². The fourth-order valence-electron chi connectivity index (χ4n) is 2.13. The van der Waals surface area contributed by atoms with Gasteiger partial charge in [-0.15, -0.1) is 0 Å². The summed E-state index contributed by atoms with van der Waals surface area (Å²) in [4.78, 5) is 15.9. The molecule has 2 rings (SSSR count). The lowest BCUT2D eigenvalue weighted by Crippen LogP contribution is -2.43. The summed E-state index contributed by atoms with van der Waals surface area (Å²) in [6.07, 6.45) is 6.68. The van der Waals surface area contributed by atoms with Crippen molar-refractivity contribution in [3.05, 3.63) is 30.1 Å². The molecule has 0 aromatic carbocycles. The van der Waals surface area contributed by atoms with Crippen molar-refractivity contribution in [1.29, 1.82) is 0 Å². The van der Waals surface area contributed by atoms with Crippen LogP contribution in [0.25, 0.3) is 0 Å². The van der Waals surface area contributed by atoms with Crippen molar-refractivity contribution >= 4 is 5.91 Å². The minimum Gasteiger partial charge on any atom is -0.355 e. The Morgan fingerprint density at radius 3 is 3.18 bits per heavy atom. The van der Waals surface area contributed by atoms with Gasteiger partial charge in [-0.2, -0.15) is 0 Å². The summed E-state index contributed by atoms with van der Waals surface area (Å²) in [6, 6.07) is 4.02. The number of nitrogens with one attached hydrogen (secondary N) is 2. The molecule has 4 heteroatoms. The quantitative estimate of drug-likeness (QED) is 0.829.